The van der Waals surface area contributed by atoms with E-state index in [0.717, 1.165) is 24.2 Å². The van der Waals surface area contributed by atoms with E-state index in [-0.39, 0.29) is 24.5 Å². The van der Waals surface area contributed by atoms with Crippen molar-refractivity contribution in [3.63, 3.8) is 0 Å². The van der Waals surface area contributed by atoms with Gasteiger partial charge < -0.3 is 20.1 Å². The van der Waals surface area contributed by atoms with Crippen molar-refractivity contribution in [2.24, 2.45) is 0 Å². The van der Waals surface area contributed by atoms with Crippen molar-refractivity contribution in [3.8, 4) is 11.8 Å². The second-order valence-electron chi connectivity index (χ2n) is 6.88. The number of hydrogen-bond acceptors (Lipinski definition) is 5. The van der Waals surface area contributed by atoms with Crippen LogP contribution in [0.2, 0.25) is 0 Å². The minimum Gasteiger partial charge on any atom is -0.479 e. The molecule has 30 heavy (non-hydrogen) atoms. The molecule has 1 aliphatic heterocycles. The number of rotatable bonds is 8. The SMILES string of the molecule is N#CCOc1cccc(CNC(=O)NCC(c2cccc(F)c2)N2CCOCC2)c1. The summed E-state index contributed by atoms with van der Waals surface area (Å²) >= 11 is 0. The highest BCUT2D eigenvalue weighted by Gasteiger charge is 2.23. The van der Waals surface area contributed by atoms with E-state index in [2.05, 4.69) is 15.5 Å². The third kappa shape index (κ3) is 6.44. The maximum absolute atomic E-state index is 13.7. The number of nitrogens with one attached hydrogen (secondary N) is 2. The minimum absolute atomic E-state index is 0.0274. The van der Waals surface area contributed by atoms with Gasteiger partial charge in [0.05, 0.1) is 19.3 Å². The van der Waals surface area contributed by atoms with Crippen LogP contribution in [0.5, 0.6) is 5.75 Å². The Balaban J connectivity index is 1.56. The smallest absolute Gasteiger partial charge is 0.315 e. The Morgan fingerprint density at radius 2 is 2.00 bits per heavy atom. The predicted octanol–water partition coefficient (Wildman–Crippen LogP) is 2.60. The summed E-state index contributed by atoms with van der Waals surface area (Å²) < 4.78 is 24.4. The fraction of sp³-hybridized carbons (Fsp3) is 0.364. The van der Waals surface area contributed by atoms with Crippen LogP contribution in [0.25, 0.3) is 0 Å². The molecule has 1 fully saturated rings. The average molecular weight is 412 g/mol. The van der Waals surface area contributed by atoms with Gasteiger partial charge in [0.1, 0.15) is 17.6 Å². The lowest BCUT2D eigenvalue weighted by Crippen LogP contribution is -2.45. The van der Waals surface area contributed by atoms with E-state index in [0.29, 0.717) is 32.1 Å². The summed E-state index contributed by atoms with van der Waals surface area (Å²) in [6, 6.07) is 15.1. The topological polar surface area (TPSA) is 86.6 Å². The summed E-state index contributed by atoms with van der Waals surface area (Å²) in [6.45, 7) is 3.31. The molecule has 0 aromatic heterocycles. The molecule has 3 rings (SSSR count). The summed E-state index contributed by atoms with van der Waals surface area (Å²) in [4.78, 5) is 14.5. The lowest BCUT2D eigenvalue weighted by Gasteiger charge is -2.35. The zero-order chi connectivity index (χ0) is 21.2. The van der Waals surface area contributed by atoms with Gasteiger partial charge in [-0.1, -0.05) is 24.3 Å². The standard InChI is InChI=1S/C22H25FN4O3/c23-19-5-2-4-18(14-19)21(27-8-11-29-12-9-27)16-26-22(28)25-15-17-3-1-6-20(13-17)30-10-7-24/h1-6,13-14,21H,8-12,15-16H2,(H2,25,26,28). The highest BCUT2D eigenvalue weighted by atomic mass is 19.1. The first-order valence-corrected chi connectivity index (χ1v) is 9.83. The van der Waals surface area contributed by atoms with E-state index >= 15 is 0 Å². The van der Waals surface area contributed by atoms with Gasteiger partial charge in [-0.15, -0.1) is 0 Å². The first-order chi connectivity index (χ1) is 14.7. The first-order valence-electron chi connectivity index (χ1n) is 9.83. The first kappa shape index (κ1) is 21.6. The molecule has 1 saturated heterocycles. The van der Waals surface area contributed by atoms with E-state index in [9.17, 15) is 9.18 Å². The molecule has 0 radical (unpaired) electrons. The van der Waals surface area contributed by atoms with E-state index in [4.69, 9.17) is 14.7 Å². The molecule has 2 amide bonds. The summed E-state index contributed by atoms with van der Waals surface area (Å²) in [5, 5.41) is 14.3. The molecule has 1 heterocycles. The number of carbonyl (C=O) groups excluding carboxylic acids is 1. The molecular formula is C22H25FN4O3. The molecule has 0 saturated carbocycles. The quantitative estimate of drug-likeness (QED) is 0.696. The third-order valence-electron chi connectivity index (χ3n) is 4.83. The number of amides is 2. The van der Waals surface area contributed by atoms with Crippen molar-refractivity contribution in [2.75, 3.05) is 39.5 Å². The van der Waals surface area contributed by atoms with Crippen molar-refractivity contribution in [1.82, 2.24) is 15.5 Å². The average Bonchev–Trinajstić information content (AvgIpc) is 2.77. The maximum atomic E-state index is 13.7. The van der Waals surface area contributed by atoms with Crippen LogP contribution in [-0.2, 0) is 11.3 Å². The summed E-state index contributed by atoms with van der Waals surface area (Å²) in [5.74, 6) is 0.281. The van der Waals surface area contributed by atoms with Crippen molar-refractivity contribution in [2.45, 2.75) is 12.6 Å². The molecule has 2 aromatic rings. The van der Waals surface area contributed by atoms with E-state index in [1.807, 2.05) is 18.2 Å². The zero-order valence-corrected chi connectivity index (χ0v) is 16.6. The highest BCUT2D eigenvalue weighted by Crippen LogP contribution is 2.22. The molecular weight excluding hydrogens is 387 g/mol. The molecule has 2 aromatic carbocycles. The van der Waals surface area contributed by atoms with Gasteiger partial charge in [-0.25, -0.2) is 9.18 Å². The zero-order valence-electron chi connectivity index (χ0n) is 16.6. The van der Waals surface area contributed by atoms with Crippen LogP contribution in [0.4, 0.5) is 9.18 Å². The molecule has 1 unspecified atom stereocenters. The minimum atomic E-state index is -0.312. The largest absolute Gasteiger partial charge is 0.479 e. The normalized spacial score (nSPS) is 15.1. The van der Waals surface area contributed by atoms with Crippen molar-refractivity contribution in [3.05, 3.63) is 65.5 Å². The number of morpholine rings is 1. The van der Waals surface area contributed by atoms with E-state index in [1.54, 1.807) is 24.3 Å². The van der Waals surface area contributed by atoms with Crippen LogP contribution in [-0.4, -0.2) is 50.4 Å². The second-order valence-corrected chi connectivity index (χ2v) is 6.88. The van der Waals surface area contributed by atoms with Gasteiger partial charge in [0.2, 0.25) is 0 Å². The van der Waals surface area contributed by atoms with Gasteiger partial charge >= 0.3 is 6.03 Å². The molecule has 8 heteroatoms. The van der Waals surface area contributed by atoms with Crippen molar-refractivity contribution < 1.29 is 18.7 Å². The van der Waals surface area contributed by atoms with Crippen LogP contribution in [0.1, 0.15) is 17.2 Å². The third-order valence-corrected chi connectivity index (χ3v) is 4.83. The lowest BCUT2D eigenvalue weighted by atomic mass is 10.0. The van der Waals surface area contributed by atoms with Gasteiger partial charge in [0.15, 0.2) is 6.61 Å². The molecule has 0 spiro atoms. The van der Waals surface area contributed by atoms with Crippen LogP contribution in [0.3, 0.4) is 0 Å². The van der Waals surface area contributed by atoms with E-state index < -0.39 is 0 Å². The molecule has 1 atom stereocenters. The van der Waals surface area contributed by atoms with Crippen molar-refractivity contribution >= 4 is 6.03 Å². The molecule has 158 valence electrons. The van der Waals surface area contributed by atoms with Gasteiger partial charge in [-0.05, 0) is 35.4 Å². The Morgan fingerprint density at radius 1 is 1.20 bits per heavy atom. The Kier molecular flexibility index (Phi) is 8.01. The Bertz CT molecular complexity index is 881. The Labute approximate surface area is 175 Å². The molecule has 0 bridgehead atoms. The lowest BCUT2D eigenvalue weighted by molar-refractivity contribution is 0.0166. The predicted molar refractivity (Wildman–Crippen MR) is 109 cm³/mol. The van der Waals surface area contributed by atoms with Crippen LogP contribution >= 0.6 is 0 Å². The second kappa shape index (κ2) is 11.1. The monoisotopic (exact) mass is 412 g/mol. The molecule has 0 aliphatic carbocycles. The number of urea groups is 1. The van der Waals surface area contributed by atoms with Gasteiger partial charge in [-0.2, -0.15) is 5.26 Å². The molecule has 7 nitrogen and oxygen atoms in total. The number of halogens is 1. The fourth-order valence-electron chi connectivity index (χ4n) is 3.36. The maximum Gasteiger partial charge on any atom is 0.315 e. The van der Waals surface area contributed by atoms with Crippen LogP contribution in [0, 0.1) is 17.1 Å². The number of ether oxygens (including phenoxy) is 2. The molecule has 1 aliphatic rings. The number of carbonyl (C=O) groups is 1. The van der Waals surface area contributed by atoms with Crippen LogP contribution in [0.15, 0.2) is 48.5 Å². The van der Waals surface area contributed by atoms with Crippen LogP contribution < -0.4 is 15.4 Å². The summed E-state index contributed by atoms with van der Waals surface area (Å²) in [5.41, 5.74) is 1.68. The van der Waals surface area contributed by atoms with Gasteiger partial charge in [0.25, 0.3) is 0 Å². The van der Waals surface area contributed by atoms with E-state index in [1.165, 1.54) is 12.1 Å². The Morgan fingerprint density at radius 3 is 2.77 bits per heavy atom. The number of hydrogen-bond donors (Lipinski definition) is 2. The Hall–Kier alpha value is -3.15. The molecule has 2 N–H and O–H groups in total. The highest BCUT2D eigenvalue weighted by molar-refractivity contribution is 5.73. The number of benzene rings is 2. The van der Waals surface area contributed by atoms with Gasteiger partial charge in [-0.3, -0.25) is 4.90 Å². The number of nitrogens with zero attached hydrogens (tertiary/aromatic N) is 2. The van der Waals surface area contributed by atoms with Gasteiger partial charge in [0, 0.05) is 26.2 Å². The number of nitriles is 1. The van der Waals surface area contributed by atoms with Crippen molar-refractivity contribution in [1.29, 1.82) is 5.26 Å². The summed E-state index contributed by atoms with van der Waals surface area (Å²) in [6.07, 6.45) is 0. The summed E-state index contributed by atoms with van der Waals surface area (Å²) in [7, 11) is 0. The fourth-order valence-corrected chi connectivity index (χ4v) is 3.36.